The highest BCUT2D eigenvalue weighted by molar-refractivity contribution is 5.84. The summed E-state index contributed by atoms with van der Waals surface area (Å²) in [6.07, 6.45) is 4.61. The molecule has 1 amide bonds. The average molecular weight is 391 g/mol. The van der Waals surface area contributed by atoms with Crippen molar-refractivity contribution >= 4 is 12.1 Å². The van der Waals surface area contributed by atoms with Crippen LogP contribution in [0.1, 0.15) is 42.7 Å². The third kappa shape index (κ3) is 3.77. The number of carbonyl (C=O) groups excluding carboxylic acids is 2. The molecule has 0 bridgehead atoms. The summed E-state index contributed by atoms with van der Waals surface area (Å²) in [7, 11) is 0. The van der Waals surface area contributed by atoms with Gasteiger partial charge in [-0.05, 0) is 41.5 Å². The summed E-state index contributed by atoms with van der Waals surface area (Å²) in [4.78, 5) is 26.2. The summed E-state index contributed by atoms with van der Waals surface area (Å²) in [5, 5.41) is 0. The number of esters is 1. The minimum atomic E-state index is -0.560. The molecule has 1 saturated heterocycles. The van der Waals surface area contributed by atoms with Gasteiger partial charge in [0, 0.05) is 5.92 Å². The molecular formula is C24H25NO4. The molecule has 1 aliphatic carbocycles. The molecule has 0 unspecified atom stereocenters. The summed E-state index contributed by atoms with van der Waals surface area (Å²) < 4.78 is 10.8. The first-order valence-electron chi connectivity index (χ1n) is 10.1. The molecule has 1 atom stereocenters. The zero-order valence-electron chi connectivity index (χ0n) is 16.4. The predicted molar refractivity (Wildman–Crippen MR) is 110 cm³/mol. The Labute approximate surface area is 170 Å². The highest BCUT2D eigenvalue weighted by atomic mass is 16.6. The molecule has 0 saturated carbocycles. The van der Waals surface area contributed by atoms with Gasteiger partial charge >= 0.3 is 12.1 Å². The lowest BCUT2D eigenvalue weighted by Crippen LogP contribution is -2.39. The van der Waals surface area contributed by atoms with Gasteiger partial charge in [0.05, 0.1) is 0 Å². The van der Waals surface area contributed by atoms with E-state index in [0.29, 0.717) is 6.42 Å². The molecule has 5 nitrogen and oxygen atoms in total. The zero-order valence-corrected chi connectivity index (χ0v) is 16.4. The van der Waals surface area contributed by atoms with Crippen molar-refractivity contribution in [3.63, 3.8) is 0 Å². The van der Waals surface area contributed by atoms with Crippen molar-refractivity contribution in [3.05, 3.63) is 72.3 Å². The van der Waals surface area contributed by atoms with Crippen LogP contribution in [0.4, 0.5) is 4.79 Å². The number of allylic oxidation sites excluding steroid dienone is 1. The Morgan fingerprint density at radius 1 is 1.10 bits per heavy atom. The summed E-state index contributed by atoms with van der Waals surface area (Å²) in [5.74, 6) is -0.353. The first kappa shape index (κ1) is 19.2. The second kappa shape index (κ2) is 8.52. The molecule has 0 spiro atoms. The standard InChI is InChI=1S/C24H25NO4/c1-2-3-4-5-14-22-23(26)29-16-25(22)24(27)28-15-21-19-12-8-6-10-17(19)18-11-7-9-13-20(18)21/h2,6-13,21-22H,1,3-5,14-16H2/t22-/m0/s1. The average Bonchev–Trinajstić information content (AvgIpc) is 3.27. The predicted octanol–water partition coefficient (Wildman–Crippen LogP) is 4.87. The first-order valence-corrected chi connectivity index (χ1v) is 10.1. The topological polar surface area (TPSA) is 55.8 Å². The Kier molecular flexibility index (Phi) is 5.65. The number of hydrogen-bond donors (Lipinski definition) is 0. The third-order valence-corrected chi connectivity index (χ3v) is 5.70. The van der Waals surface area contributed by atoms with E-state index < -0.39 is 12.1 Å². The Bertz CT molecular complexity index is 877. The Hall–Kier alpha value is -3.08. The van der Waals surface area contributed by atoms with E-state index in [2.05, 4.69) is 30.8 Å². The van der Waals surface area contributed by atoms with Crippen molar-refractivity contribution in [2.75, 3.05) is 13.3 Å². The third-order valence-electron chi connectivity index (χ3n) is 5.70. The van der Waals surface area contributed by atoms with Crippen LogP contribution in [0.2, 0.25) is 0 Å². The van der Waals surface area contributed by atoms with Gasteiger partial charge in [0.2, 0.25) is 0 Å². The van der Waals surface area contributed by atoms with Crippen LogP contribution in [-0.4, -0.2) is 36.3 Å². The minimum Gasteiger partial charge on any atom is -0.448 e. The van der Waals surface area contributed by atoms with E-state index >= 15 is 0 Å². The number of amides is 1. The maximum atomic E-state index is 12.7. The van der Waals surface area contributed by atoms with Crippen LogP contribution < -0.4 is 0 Å². The number of carbonyl (C=O) groups is 2. The number of cyclic esters (lactones) is 1. The summed E-state index contributed by atoms with van der Waals surface area (Å²) in [6.45, 7) is 3.90. The second-order valence-electron chi connectivity index (χ2n) is 7.46. The molecule has 150 valence electrons. The first-order chi connectivity index (χ1) is 14.2. The monoisotopic (exact) mass is 391 g/mol. The number of fused-ring (bicyclic) bond motifs is 3. The van der Waals surface area contributed by atoms with Crippen molar-refractivity contribution in [2.24, 2.45) is 0 Å². The molecule has 0 N–H and O–H groups in total. The van der Waals surface area contributed by atoms with Gasteiger partial charge in [-0.15, -0.1) is 6.58 Å². The number of rotatable bonds is 7. The SMILES string of the molecule is C=CCCCC[C@H]1C(=O)OCN1C(=O)OCC1c2ccccc2-c2ccccc21. The highest BCUT2D eigenvalue weighted by Crippen LogP contribution is 2.44. The molecule has 0 radical (unpaired) electrons. The van der Waals surface area contributed by atoms with Gasteiger partial charge in [0.1, 0.15) is 12.6 Å². The fourth-order valence-electron chi connectivity index (χ4n) is 4.20. The molecule has 29 heavy (non-hydrogen) atoms. The molecule has 4 rings (SSSR count). The molecular weight excluding hydrogens is 366 g/mol. The fourth-order valence-corrected chi connectivity index (χ4v) is 4.20. The quantitative estimate of drug-likeness (QED) is 0.384. The van der Waals surface area contributed by atoms with Crippen LogP contribution in [-0.2, 0) is 14.3 Å². The number of benzene rings is 2. The maximum Gasteiger partial charge on any atom is 0.413 e. The van der Waals surface area contributed by atoms with Gasteiger partial charge in [0.15, 0.2) is 6.73 Å². The van der Waals surface area contributed by atoms with E-state index in [4.69, 9.17) is 9.47 Å². The maximum absolute atomic E-state index is 12.7. The van der Waals surface area contributed by atoms with Crippen molar-refractivity contribution in [1.82, 2.24) is 4.90 Å². The van der Waals surface area contributed by atoms with Crippen LogP contribution in [0.3, 0.4) is 0 Å². The lowest BCUT2D eigenvalue weighted by Gasteiger charge is -2.21. The van der Waals surface area contributed by atoms with Gasteiger partial charge in [-0.2, -0.15) is 0 Å². The van der Waals surface area contributed by atoms with E-state index in [1.165, 1.54) is 16.0 Å². The van der Waals surface area contributed by atoms with Gasteiger partial charge < -0.3 is 9.47 Å². The van der Waals surface area contributed by atoms with Gasteiger partial charge in [-0.25, -0.2) is 9.59 Å². The smallest absolute Gasteiger partial charge is 0.413 e. The van der Waals surface area contributed by atoms with Crippen LogP contribution in [0.25, 0.3) is 11.1 Å². The van der Waals surface area contributed by atoms with Crippen LogP contribution in [0.5, 0.6) is 0 Å². The van der Waals surface area contributed by atoms with E-state index in [0.717, 1.165) is 30.4 Å². The highest BCUT2D eigenvalue weighted by Gasteiger charge is 2.39. The largest absolute Gasteiger partial charge is 0.448 e. The van der Waals surface area contributed by atoms with Gasteiger partial charge in [0.25, 0.3) is 0 Å². The Balaban J connectivity index is 1.43. The minimum absolute atomic E-state index is 0.00313. The molecule has 1 heterocycles. The zero-order chi connectivity index (χ0) is 20.2. The van der Waals surface area contributed by atoms with E-state index in [9.17, 15) is 9.59 Å². The second-order valence-corrected chi connectivity index (χ2v) is 7.46. The molecule has 2 aromatic carbocycles. The number of ether oxygens (including phenoxy) is 2. The van der Waals surface area contributed by atoms with Crippen LogP contribution >= 0.6 is 0 Å². The molecule has 1 fully saturated rings. The van der Waals surface area contributed by atoms with Crippen LogP contribution in [0.15, 0.2) is 61.2 Å². The van der Waals surface area contributed by atoms with Gasteiger partial charge in [-0.1, -0.05) is 61.0 Å². The lowest BCUT2D eigenvalue weighted by molar-refractivity contribution is -0.139. The molecule has 0 aromatic heterocycles. The molecule has 5 heteroatoms. The number of nitrogens with zero attached hydrogens (tertiary/aromatic N) is 1. The van der Waals surface area contributed by atoms with Gasteiger partial charge in [-0.3, -0.25) is 4.90 Å². The van der Waals surface area contributed by atoms with Crippen LogP contribution in [0, 0.1) is 0 Å². The number of hydrogen-bond acceptors (Lipinski definition) is 4. The summed E-state index contributed by atoms with van der Waals surface area (Å²) in [6, 6.07) is 15.9. The van der Waals surface area contributed by atoms with Crippen molar-refractivity contribution in [3.8, 4) is 11.1 Å². The number of unbranched alkanes of at least 4 members (excludes halogenated alkanes) is 2. The molecule has 1 aliphatic heterocycles. The Morgan fingerprint density at radius 3 is 2.41 bits per heavy atom. The molecule has 2 aliphatic rings. The fraction of sp³-hybridized carbons (Fsp3) is 0.333. The van der Waals surface area contributed by atoms with Crippen molar-refractivity contribution < 1.29 is 19.1 Å². The van der Waals surface area contributed by atoms with Crippen molar-refractivity contribution in [2.45, 2.75) is 37.6 Å². The van der Waals surface area contributed by atoms with E-state index in [-0.39, 0.29) is 25.2 Å². The summed E-state index contributed by atoms with van der Waals surface area (Å²) >= 11 is 0. The summed E-state index contributed by atoms with van der Waals surface area (Å²) in [5.41, 5.74) is 4.69. The van der Waals surface area contributed by atoms with E-state index in [1.807, 2.05) is 30.3 Å². The Morgan fingerprint density at radius 2 is 1.76 bits per heavy atom. The van der Waals surface area contributed by atoms with Crippen molar-refractivity contribution in [1.29, 1.82) is 0 Å². The van der Waals surface area contributed by atoms with E-state index in [1.54, 1.807) is 0 Å². The molecule has 2 aromatic rings. The lowest BCUT2D eigenvalue weighted by atomic mass is 9.98. The normalized spacial score (nSPS) is 17.6.